The summed E-state index contributed by atoms with van der Waals surface area (Å²) in [5.41, 5.74) is 1.66. The van der Waals surface area contributed by atoms with Gasteiger partial charge in [-0.3, -0.25) is 0 Å². The topological polar surface area (TPSA) is 55.5 Å². The van der Waals surface area contributed by atoms with Gasteiger partial charge in [-0.15, -0.1) is 0 Å². The highest BCUT2D eigenvalue weighted by Crippen LogP contribution is 2.23. The molecule has 0 aliphatic carbocycles. The van der Waals surface area contributed by atoms with Gasteiger partial charge < -0.3 is 14.4 Å². The van der Waals surface area contributed by atoms with E-state index in [-0.39, 0.29) is 6.61 Å². The highest BCUT2D eigenvalue weighted by molar-refractivity contribution is 9.10. The maximum absolute atomic E-state index is 9.08. The van der Waals surface area contributed by atoms with Crippen LogP contribution in [0, 0.1) is 0 Å². The average Bonchev–Trinajstić information content (AvgIpc) is 2.81. The molecule has 16 heavy (non-hydrogen) atoms. The third-order valence-corrected chi connectivity index (χ3v) is 2.85. The largest absolute Gasteiger partial charge is 0.489 e. The maximum atomic E-state index is 9.08. The molecule has 84 valence electrons. The van der Waals surface area contributed by atoms with Crippen molar-refractivity contribution in [2.24, 2.45) is 0 Å². The lowest BCUT2D eigenvalue weighted by molar-refractivity contribution is 0.277. The van der Waals surface area contributed by atoms with Gasteiger partial charge in [0.1, 0.15) is 18.6 Å². The Hall–Kier alpha value is -1.33. The molecule has 0 bridgehead atoms. The highest BCUT2D eigenvalue weighted by atomic mass is 79.9. The van der Waals surface area contributed by atoms with Crippen LogP contribution < -0.4 is 4.74 Å². The molecule has 5 heteroatoms. The highest BCUT2D eigenvalue weighted by Gasteiger charge is 2.02. The molecule has 1 heterocycles. The zero-order valence-electron chi connectivity index (χ0n) is 8.39. The molecular weight excluding hydrogens is 274 g/mol. The minimum atomic E-state index is -0.0228. The summed E-state index contributed by atoms with van der Waals surface area (Å²) < 4.78 is 11.1. The zero-order valence-corrected chi connectivity index (χ0v) is 9.98. The third-order valence-electron chi connectivity index (χ3n) is 2.08. The summed E-state index contributed by atoms with van der Waals surface area (Å²) in [6.45, 7) is 0.376. The Morgan fingerprint density at radius 2 is 2.31 bits per heavy atom. The minimum Gasteiger partial charge on any atom is -0.489 e. The molecule has 1 aromatic carbocycles. The average molecular weight is 284 g/mol. The van der Waals surface area contributed by atoms with Gasteiger partial charge in [0, 0.05) is 10.0 Å². The lowest BCUT2D eigenvalue weighted by Gasteiger charge is -2.07. The van der Waals surface area contributed by atoms with E-state index >= 15 is 0 Å². The molecule has 1 N–H and O–H groups in total. The van der Waals surface area contributed by atoms with Gasteiger partial charge in [0.25, 0.3) is 0 Å². The van der Waals surface area contributed by atoms with E-state index in [2.05, 4.69) is 25.6 Å². The number of aromatic nitrogens is 1. The Bertz CT molecular complexity index is 456. The molecule has 0 amide bonds. The van der Waals surface area contributed by atoms with E-state index in [0.29, 0.717) is 12.4 Å². The van der Waals surface area contributed by atoms with E-state index in [1.165, 1.54) is 6.26 Å². The second-order valence-electron chi connectivity index (χ2n) is 3.23. The van der Waals surface area contributed by atoms with Crippen LogP contribution in [0.1, 0.15) is 11.1 Å². The fourth-order valence-electron chi connectivity index (χ4n) is 1.23. The number of hydrogen-bond donors (Lipinski definition) is 1. The molecule has 0 atom stereocenters. The van der Waals surface area contributed by atoms with Crippen molar-refractivity contribution in [1.82, 2.24) is 5.16 Å². The fraction of sp³-hybridized carbons (Fsp3) is 0.182. The second kappa shape index (κ2) is 5.14. The van der Waals surface area contributed by atoms with Crippen molar-refractivity contribution in [2.45, 2.75) is 13.2 Å². The molecule has 0 saturated carbocycles. The maximum Gasteiger partial charge on any atom is 0.130 e. The molecule has 0 saturated heterocycles. The monoisotopic (exact) mass is 283 g/mol. The lowest BCUT2D eigenvalue weighted by Crippen LogP contribution is -1.95. The van der Waals surface area contributed by atoms with Crippen LogP contribution in [0.25, 0.3) is 0 Å². The van der Waals surface area contributed by atoms with E-state index in [1.807, 2.05) is 12.1 Å². The number of benzene rings is 1. The lowest BCUT2D eigenvalue weighted by atomic mass is 10.2. The van der Waals surface area contributed by atoms with Gasteiger partial charge >= 0.3 is 0 Å². The van der Waals surface area contributed by atoms with E-state index in [0.717, 1.165) is 15.6 Å². The third kappa shape index (κ3) is 2.62. The summed E-state index contributed by atoms with van der Waals surface area (Å²) in [5.74, 6) is 0.702. The summed E-state index contributed by atoms with van der Waals surface area (Å²) >= 11 is 3.34. The van der Waals surface area contributed by atoms with Crippen molar-refractivity contribution < 1.29 is 14.4 Å². The molecule has 2 rings (SSSR count). The summed E-state index contributed by atoms with van der Waals surface area (Å²) in [6.07, 6.45) is 3.14. The van der Waals surface area contributed by atoms with Gasteiger partial charge in [-0.25, -0.2) is 0 Å². The van der Waals surface area contributed by atoms with Crippen molar-refractivity contribution in [1.29, 1.82) is 0 Å². The zero-order chi connectivity index (χ0) is 11.4. The molecule has 1 aromatic heterocycles. The van der Waals surface area contributed by atoms with Crippen molar-refractivity contribution >= 4 is 15.9 Å². The van der Waals surface area contributed by atoms with E-state index in [1.54, 1.807) is 12.3 Å². The number of aliphatic hydroxyl groups is 1. The van der Waals surface area contributed by atoms with Gasteiger partial charge in [-0.1, -0.05) is 21.1 Å². The Kier molecular flexibility index (Phi) is 3.58. The quantitative estimate of drug-likeness (QED) is 0.937. The number of nitrogens with zero attached hydrogens (tertiary/aromatic N) is 1. The van der Waals surface area contributed by atoms with Crippen LogP contribution in [0.5, 0.6) is 5.75 Å². The Balaban J connectivity index is 2.04. The first kappa shape index (κ1) is 11.2. The van der Waals surface area contributed by atoms with Crippen molar-refractivity contribution in [3.8, 4) is 5.75 Å². The van der Waals surface area contributed by atoms with Crippen LogP contribution >= 0.6 is 15.9 Å². The predicted molar refractivity (Wildman–Crippen MR) is 60.9 cm³/mol. The molecular formula is C11H10BrNO3. The van der Waals surface area contributed by atoms with Gasteiger partial charge in [-0.2, -0.15) is 0 Å². The summed E-state index contributed by atoms with van der Waals surface area (Å²) in [6, 6.07) is 5.46. The number of rotatable bonds is 4. The molecule has 0 spiro atoms. The molecule has 4 nitrogen and oxygen atoms in total. The summed E-state index contributed by atoms with van der Waals surface area (Å²) in [5, 5.41) is 12.7. The van der Waals surface area contributed by atoms with Gasteiger partial charge in [0.15, 0.2) is 0 Å². The Morgan fingerprint density at radius 3 is 3.00 bits per heavy atom. The van der Waals surface area contributed by atoms with Crippen molar-refractivity contribution in [3.63, 3.8) is 0 Å². The Labute approximate surface area is 101 Å². The van der Waals surface area contributed by atoms with Gasteiger partial charge in [0.2, 0.25) is 0 Å². The normalized spacial score (nSPS) is 10.4. The first-order valence-electron chi connectivity index (χ1n) is 4.70. The second-order valence-corrected chi connectivity index (χ2v) is 4.09. The summed E-state index contributed by atoms with van der Waals surface area (Å²) in [4.78, 5) is 0. The van der Waals surface area contributed by atoms with Crippen LogP contribution in [0.4, 0.5) is 0 Å². The van der Waals surface area contributed by atoms with Crippen LogP contribution in [0.3, 0.4) is 0 Å². The van der Waals surface area contributed by atoms with Crippen LogP contribution in [0.15, 0.2) is 39.7 Å². The van der Waals surface area contributed by atoms with E-state index < -0.39 is 0 Å². The SMILES string of the molecule is OCc1cc(OCc2cnoc2)ccc1Br. The van der Waals surface area contributed by atoms with Crippen molar-refractivity contribution in [2.75, 3.05) is 0 Å². The molecule has 2 aromatic rings. The molecule has 0 fully saturated rings. The Morgan fingerprint density at radius 1 is 1.44 bits per heavy atom. The number of ether oxygens (including phenoxy) is 1. The summed E-state index contributed by atoms with van der Waals surface area (Å²) in [7, 11) is 0. The molecule has 0 unspecified atom stereocenters. The van der Waals surface area contributed by atoms with Crippen LogP contribution in [-0.2, 0) is 13.2 Å². The fourth-order valence-corrected chi connectivity index (χ4v) is 1.60. The number of hydrogen-bond acceptors (Lipinski definition) is 4. The van der Waals surface area contributed by atoms with Gasteiger partial charge in [0.05, 0.1) is 12.8 Å². The molecule has 0 aliphatic rings. The van der Waals surface area contributed by atoms with Gasteiger partial charge in [-0.05, 0) is 23.8 Å². The first-order valence-corrected chi connectivity index (χ1v) is 5.49. The molecule has 0 aliphatic heterocycles. The number of halogens is 1. The van der Waals surface area contributed by atoms with E-state index in [9.17, 15) is 0 Å². The standard InChI is InChI=1S/C11H10BrNO3/c12-11-2-1-10(3-9(11)5-14)15-6-8-4-13-16-7-8/h1-4,7,14H,5-6H2. The molecule has 0 radical (unpaired) electrons. The first-order chi connectivity index (χ1) is 7.79. The van der Waals surface area contributed by atoms with Crippen LogP contribution in [-0.4, -0.2) is 10.3 Å². The smallest absolute Gasteiger partial charge is 0.130 e. The van der Waals surface area contributed by atoms with Crippen LogP contribution in [0.2, 0.25) is 0 Å². The minimum absolute atomic E-state index is 0.0228. The number of aliphatic hydroxyl groups excluding tert-OH is 1. The van der Waals surface area contributed by atoms with Crippen molar-refractivity contribution in [3.05, 3.63) is 46.3 Å². The van der Waals surface area contributed by atoms with E-state index in [4.69, 9.17) is 9.84 Å². The predicted octanol–water partition coefficient (Wildman–Crippen LogP) is 2.51.